The Balaban J connectivity index is 2.59. The van der Waals surface area contributed by atoms with Crippen LogP contribution in [0.25, 0.3) is 0 Å². The second kappa shape index (κ2) is 7.57. The smallest absolute Gasteiger partial charge is 0.240 e. The highest BCUT2D eigenvalue weighted by atomic mass is 32.2. The van der Waals surface area contributed by atoms with E-state index in [-0.39, 0.29) is 9.88 Å². The molecule has 0 atom stereocenters. The van der Waals surface area contributed by atoms with E-state index in [1.165, 1.54) is 12.1 Å². The minimum absolute atomic E-state index is 0.239. The van der Waals surface area contributed by atoms with Crippen molar-refractivity contribution in [2.75, 3.05) is 6.54 Å². The number of nitrogens with one attached hydrogen (secondary N) is 1. The summed E-state index contributed by atoms with van der Waals surface area (Å²) in [6, 6.07) is 6.27. The first-order valence-electron chi connectivity index (χ1n) is 6.37. The van der Waals surface area contributed by atoms with Gasteiger partial charge >= 0.3 is 0 Å². The lowest BCUT2D eigenvalue weighted by Crippen LogP contribution is -2.24. The lowest BCUT2D eigenvalue weighted by atomic mass is 10.2. The highest BCUT2D eigenvalue weighted by Gasteiger charge is 2.12. The molecule has 0 saturated carbocycles. The molecule has 0 aliphatic rings. The van der Waals surface area contributed by atoms with Crippen LogP contribution in [-0.2, 0) is 10.0 Å². The molecule has 1 rings (SSSR count). The van der Waals surface area contributed by atoms with E-state index in [0.29, 0.717) is 12.1 Å². The molecule has 0 heterocycles. The van der Waals surface area contributed by atoms with Gasteiger partial charge in [0, 0.05) is 12.1 Å². The highest BCUT2D eigenvalue weighted by molar-refractivity contribution is 7.89. The second-order valence-electron chi connectivity index (χ2n) is 4.35. The van der Waals surface area contributed by atoms with Gasteiger partial charge in [-0.2, -0.15) is 0 Å². The van der Waals surface area contributed by atoms with Crippen molar-refractivity contribution in [2.24, 2.45) is 5.73 Å². The third-order valence-electron chi connectivity index (χ3n) is 2.77. The molecule has 0 aromatic heterocycles. The molecule has 0 aliphatic heterocycles. The lowest BCUT2D eigenvalue weighted by Gasteiger charge is -2.07. The fourth-order valence-electron chi connectivity index (χ4n) is 1.64. The van der Waals surface area contributed by atoms with Crippen molar-refractivity contribution in [2.45, 2.75) is 37.5 Å². The van der Waals surface area contributed by atoms with Crippen LogP contribution < -0.4 is 10.5 Å². The quantitative estimate of drug-likeness (QED) is 0.570. The maximum absolute atomic E-state index is 12.0. The Morgan fingerprint density at radius 2 is 1.84 bits per heavy atom. The van der Waals surface area contributed by atoms with Gasteiger partial charge in [-0.05, 0) is 18.6 Å². The van der Waals surface area contributed by atoms with E-state index in [9.17, 15) is 8.42 Å². The first-order valence-corrected chi connectivity index (χ1v) is 8.26. The Morgan fingerprint density at radius 1 is 1.21 bits per heavy atom. The topological polar surface area (TPSA) is 72.2 Å². The molecule has 0 aliphatic carbocycles. The fraction of sp³-hybridized carbons (Fsp3) is 0.462. The highest BCUT2D eigenvalue weighted by Crippen LogP contribution is 2.10. The van der Waals surface area contributed by atoms with Crippen LogP contribution in [0.5, 0.6) is 0 Å². The maximum Gasteiger partial charge on any atom is 0.240 e. The molecule has 19 heavy (non-hydrogen) atoms. The van der Waals surface area contributed by atoms with Gasteiger partial charge < -0.3 is 5.73 Å². The maximum atomic E-state index is 12.0. The molecule has 4 nitrogen and oxygen atoms in total. The summed E-state index contributed by atoms with van der Waals surface area (Å²) in [5.41, 5.74) is 6.13. The van der Waals surface area contributed by atoms with Crippen molar-refractivity contribution < 1.29 is 8.42 Å². The summed E-state index contributed by atoms with van der Waals surface area (Å²) in [6.45, 7) is 2.59. The molecule has 0 unspecified atom stereocenters. The number of rotatable bonds is 8. The van der Waals surface area contributed by atoms with Gasteiger partial charge in [0.05, 0.1) is 4.90 Å². The zero-order chi connectivity index (χ0) is 14.3. The van der Waals surface area contributed by atoms with Crippen LogP contribution in [0.1, 0.15) is 38.2 Å². The van der Waals surface area contributed by atoms with Crippen LogP contribution in [0.3, 0.4) is 0 Å². The first-order chi connectivity index (χ1) is 8.97. The number of hydrogen-bond acceptors (Lipinski definition) is 3. The van der Waals surface area contributed by atoms with E-state index in [4.69, 9.17) is 18.0 Å². The Labute approximate surface area is 120 Å². The van der Waals surface area contributed by atoms with Crippen molar-refractivity contribution in [3.63, 3.8) is 0 Å². The Hall–Kier alpha value is -0.980. The number of hydrogen-bond donors (Lipinski definition) is 2. The largest absolute Gasteiger partial charge is 0.389 e. The molecule has 0 fully saturated rings. The zero-order valence-electron chi connectivity index (χ0n) is 11.1. The standard InChI is InChI=1S/C13H20N2O2S2/c1-2-3-4-5-10-15-19(16,17)12-8-6-11(7-9-12)13(14)18/h6-9,15H,2-5,10H2,1H3,(H2,14,18). The van der Waals surface area contributed by atoms with Crippen LogP contribution >= 0.6 is 12.2 Å². The van der Waals surface area contributed by atoms with Crippen molar-refractivity contribution in [3.8, 4) is 0 Å². The summed E-state index contributed by atoms with van der Waals surface area (Å²) in [5, 5.41) is 0. The Bertz CT molecular complexity index is 510. The molecule has 106 valence electrons. The molecule has 0 radical (unpaired) electrons. The molecular formula is C13H20N2O2S2. The van der Waals surface area contributed by atoms with Gasteiger partial charge in [0.15, 0.2) is 0 Å². The minimum Gasteiger partial charge on any atom is -0.389 e. The predicted molar refractivity (Wildman–Crippen MR) is 81.7 cm³/mol. The molecule has 0 amide bonds. The summed E-state index contributed by atoms with van der Waals surface area (Å²) in [5.74, 6) is 0. The molecule has 0 saturated heterocycles. The third kappa shape index (κ3) is 5.26. The van der Waals surface area contributed by atoms with E-state index in [2.05, 4.69) is 11.6 Å². The monoisotopic (exact) mass is 300 g/mol. The zero-order valence-corrected chi connectivity index (χ0v) is 12.7. The van der Waals surface area contributed by atoms with Crippen molar-refractivity contribution in [1.29, 1.82) is 0 Å². The summed E-state index contributed by atoms with van der Waals surface area (Å²) in [6.07, 6.45) is 4.16. The molecule has 6 heteroatoms. The molecule has 3 N–H and O–H groups in total. The predicted octanol–water partition coefficient (Wildman–Crippen LogP) is 2.18. The van der Waals surface area contributed by atoms with E-state index < -0.39 is 10.0 Å². The SMILES string of the molecule is CCCCCCNS(=O)(=O)c1ccc(C(N)=S)cc1. The normalized spacial score (nSPS) is 11.4. The van der Waals surface area contributed by atoms with Crippen LogP contribution in [-0.4, -0.2) is 20.0 Å². The number of benzene rings is 1. The summed E-state index contributed by atoms with van der Waals surface area (Å²) < 4.78 is 26.5. The van der Waals surface area contributed by atoms with E-state index in [1.807, 2.05) is 0 Å². The van der Waals surface area contributed by atoms with Crippen LogP contribution in [0.15, 0.2) is 29.2 Å². The summed E-state index contributed by atoms with van der Waals surface area (Å²) >= 11 is 4.82. The van der Waals surface area contributed by atoms with Gasteiger partial charge in [0.2, 0.25) is 10.0 Å². The van der Waals surface area contributed by atoms with Crippen LogP contribution in [0, 0.1) is 0 Å². The number of thiocarbonyl (C=S) groups is 1. The van der Waals surface area contributed by atoms with Gasteiger partial charge in [0.25, 0.3) is 0 Å². The first kappa shape index (κ1) is 16.1. The summed E-state index contributed by atoms with van der Waals surface area (Å²) in [7, 11) is -3.42. The second-order valence-corrected chi connectivity index (χ2v) is 6.55. The Morgan fingerprint density at radius 3 is 2.37 bits per heavy atom. The van der Waals surface area contributed by atoms with Crippen molar-refractivity contribution >= 4 is 27.2 Å². The fourth-order valence-corrected chi connectivity index (χ4v) is 2.85. The molecule has 0 spiro atoms. The van der Waals surface area contributed by atoms with Crippen LogP contribution in [0.2, 0.25) is 0 Å². The summed E-state index contributed by atoms with van der Waals surface area (Å²) in [4.78, 5) is 0.500. The van der Waals surface area contributed by atoms with Gasteiger partial charge in [-0.3, -0.25) is 0 Å². The minimum atomic E-state index is -3.42. The van der Waals surface area contributed by atoms with Crippen LogP contribution in [0.4, 0.5) is 0 Å². The number of sulfonamides is 1. The van der Waals surface area contributed by atoms with Gasteiger partial charge in [0.1, 0.15) is 4.99 Å². The van der Waals surface area contributed by atoms with Gasteiger partial charge in [-0.25, -0.2) is 13.1 Å². The average Bonchev–Trinajstić information content (AvgIpc) is 2.38. The average molecular weight is 300 g/mol. The van der Waals surface area contributed by atoms with E-state index in [1.54, 1.807) is 12.1 Å². The van der Waals surface area contributed by atoms with E-state index in [0.717, 1.165) is 25.7 Å². The lowest BCUT2D eigenvalue weighted by molar-refractivity contribution is 0.573. The molecule has 1 aromatic carbocycles. The molecular weight excluding hydrogens is 280 g/mol. The molecule has 1 aromatic rings. The molecule has 0 bridgehead atoms. The van der Waals surface area contributed by atoms with Gasteiger partial charge in [-0.15, -0.1) is 0 Å². The van der Waals surface area contributed by atoms with E-state index >= 15 is 0 Å². The van der Waals surface area contributed by atoms with Crippen molar-refractivity contribution in [3.05, 3.63) is 29.8 Å². The van der Waals surface area contributed by atoms with Gasteiger partial charge in [-0.1, -0.05) is 50.5 Å². The number of nitrogens with two attached hydrogens (primary N) is 1. The van der Waals surface area contributed by atoms with Crippen molar-refractivity contribution in [1.82, 2.24) is 4.72 Å². The number of unbranched alkanes of at least 4 members (excludes halogenated alkanes) is 3. The third-order valence-corrected chi connectivity index (χ3v) is 4.48. The Kier molecular flexibility index (Phi) is 6.41.